The van der Waals surface area contributed by atoms with Crippen molar-refractivity contribution in [3.63, 3.8) is 0 Å². The van der Waals surface area contributed by atoms with Crippen LogP contribution >= 0.6 is 0 Å². The van der Waals surface area contributed by atoms with Gasteiger partial charge in [-0.05, 0) is 61.8 Å². The highest BCUT2D eigenvalue weighted by Crippen LogP contribution is 2.48. The van der Waals surface area contributed by atoms with Crippen LogP contribution in [0.2, 0.25) is 0 Å². The van der Waals surface area contributed by atoms with Gasteiger partial charge in [0.15, 0.2) is 0 Å². The second-order valence-corrected chi connectivity index (χ2v) is 8.52. The minimum atomic E-state index is -0.112. The molecular weight excluding hydrogens is 364 g/mol. The van der Waals surface area contributed by atoms with E-state index in [1.807, 2.05) is 31.5 Å². The van der Waals surface area contributed by atoms with Crippen LogP contribution in [0, 0.1) is 17.8 Å². The average molecular weight is 395 g/mol. The van der Waals surface area contributed by atoms with Gasteiger partial charge in [0, 0.05) is 29.6 Å². The van der Waals surface area contributed by atoms with Crippen LogP contribution < -0.4 is 4.74 Å². The van der Waals surface area contributed by atoms with Gasteiger partial charge < -0.3 is 9.47 Å². The maximum atomic E-state index is 11.9. The molecule has 5 nitrogen and oxygen atoms in total. The lowest BCUT2D eigenvalue weighted by atomic mass is 9.83. The van der Waals surface area contributed by atoms with Gasteiger partial charge in [-0.15, -0.1) is 0 Å². The first-order chi connectivity index (χ1) is 14.1. The zero-order chi connectivity index (χ0) is 20.2. The number of ether oxygens (including phenoxy) is 2. The predicted octanol–water partition coefficient (Wildman–Crippen LogP) is 5.02. The Labute approximate surface area is 172 Å². The van der Waals surface area contributed by atoms with Gasteiger partial charge in [0.1, 0.15) is 5.75 Å². The number of hydrogen-bond acceptors (Lipinski definition) is 5. The van der Waals surface area contributed by atoms with E-state index in [0.29, 0.717) is 12.5 Å². The van der Waals surface area contributed by atoms with Crippen LogP contribution in [0.3, 0.4) is 0 Å². The average Bonchev–Trinajstić information content (AvgIpc) is 3.55. The summed E-state index contributed by atoms with van der Waals surface area (Å²) in [7, 11) is 0. The number of nitrogens with zero attached hydrogens (tertiary/aromatic N) is 2. The normalized spacial score (nSPS) is 26.0. The summed E-state index contributed by atoms with van der Waals surface area (Å²) in [5.41, 5.74) is 3.01. The quantitative estimate of drug-likeness (QED) is 0.618. The maximum absolute atomic E-state index is 11.9. The summed E-state index contributed by atoms with van der Waals surface area (Å²) in [6, 6.07) is 6.09. The number of aromatic nitrogens is 2. The minimum absolute atomic E-state index is 0.0521. The molecule has 2 heterocycles. The molecule has 0 N–H and O–H groups in total. The van der Waals surface area contributed by atoms with Crippen molar-refractivity contribution in [1.29, 1.82) is 0 Å². The molecule has 2 aromatic heterocycles. The highest BCUT2D eigenvalue weighted by Gasteiger charge is 2.46. The summed E-state index contributed by atoms with van der Waals surface area (Å²) >= 11 is 0. The number of rotatable bonds is 7. The van der Waals surface area contributed by atoms with Crippen molar-refractivity contribution in [2.45, 2.75) is 51.9 Å². The molecule has 5 heteroatoms. The molecule has 2 aliphatic rings. The molecule has 0 unspecified atom stereocenters. The summed E-state index contributed by atoms with van der Waals surface area (Å²) < 4.78 is 11.2. The van der Waals surface area contributed by atoms with Gasteiger partial charge >= 0.3 is 5.97 Å². The first-order valence-corrected chi connectivity index (χ1v) is 10.8. The summed E-state index contributed by atoms with van der Waals surface area (Å²) in [5.74, 6) is 2.32. The van der Waals surface area contributed by atoms with Crippen molar-refractivity contribution in [2.75, 3.05) is 13.2 Å². The van der Waals surface area contributed by atoms with Crippen molar-refractivity contribution in [1.82, 2.24) is 9.97 Å². The van der Waals surface area contributed by atoms with Gasteiger partial charge in [-0.2, -0.15) is 0 Å². The second-order valence-electron chi connectivity index (χ2n) is 8.52. The molecule has 4 rings (SSSR count). The van der Waals surface area contributed by atoms with E-state index in [1.54, 1.807) is 6.20 Å². The molecule has 2 atom stereocenters. The number of esters is 1. The number of hydrogen-bond donors (Lipinski definition) is 0. The van der Waals surface area contributed by atoms with Gasteiger partial charge in [-0.1, -0.05) is 19.8 Å². The van der Waals surface area contributed by atoms with Crippen LogP contribution in [0.25, 0.3) is 11.1 Å². The van der Waals surface area contributed by atoms with Crippen molar-refractivity contribution in [3.05, 3.63) is 42.5 Å². The lowest BCUT2D eigenvalue weighted by molar-refractivity contribution is -0.144. The zero-order valence-corrected chi connectivity index (χ0v) is 17.3. The molecule has 0 bridgehead atoms. The van der Waals surface area contributed by atoms with Crippen molar-refractivity contribution < 1.29 is 14.3 Å². The van der Waals surface area contributed by atoms with Gasteiger partial charge in [-0.25, -0.2) is 0 Å². The van der Waals surface area contributed by atoms with E-state index in [2.05, 4.69) is 23.0 Å². The third kappa shape index (κ3) is 4.95. The minimum Gasteiger partial charge on any atom is -0.492 e. The second kappa shape index (κ2) is 8.93. The van der Waals surface area contributed by atoms with Gasteiger partial charge in [0.2, 0.25) is 0 Å². The summed E-state index contributed by atoms with van der Waals surface area (Å²) in [6.45, 7) is 5.37. The number of carbonyl (C=O) groups is 1. The fourth-order valence-electron chi connectivity index (χ4n) is 4.23. The van der Waals surface area contributed by atoms with E-state index in [0.717, 1.165) is 41.5 Å². The Morgan fingerprint density at radius 1 is 1.14 bits per heavy atom. The molecular formula is C24H30N2O3. The number of pyridine rings is 2. The number of carbonyl (C=O) groups excluding carboxylic acids is 1. The van der Waals surface area contributed by atoms with Crippen LogP contribution in [-0.2, 0) is 9.53 Å². The Morgan fingerprint density at radius 3 is 2.76 bits per heavy atom. The third-order valence-corrected chi connectivity index (χ3v) is 6.21. The highest BCUT2D eigenvalue weighted by atomic mass is 16.5. The van der Waals surface area contributed by atoms with E-state index in [1.165, 1.54) is 25.7 Å². The van der Waals surface area contributed by atoms with E-state index in [-0.39, 0.29) is 17.8 Å². The highest BCUT2D eigenvalue weighted by molar-refractivity contribution is 5.77. The zero-order valence-electron chi connectivity index (χ0n) is 17.3. The Kier molecular flexibility index (Phi) is 6.12. The Hall–Kier alpha value is -2.43. The van der Waals surface area contributed by atoms with Gasteiger partial charge in [0.25, 0.3) is 0 Å². The van der Waals surface area contributed by atoms with Crippen LogP contribution in [0.4, 0.5) is 0 Å². The first-order valence-electron chi connectivity index (χ1n) is 10.8. The fourth-order valence-corrected chi connectivity index (χ4v) is 4.23. The van der Waals surface area contributed by atoms with Crippen LogP contribution in [0.15, 0.2) is 36.8 Å². The lowest BCUT2D eigenvalue weighted by Crippen LogP contribution is -2.18. The maximum Gasteiger partial charge on any atom is 0.309 e. The molecule has 2 saturated carbocycles. The molecule has 0 aliphatic heterocycles. The molecule has 0 aromatic carbocycles. The molecule has 2 aliphatic carbocycles. The van der Waals surface area contributed by atoms with E-state index in [4.69, 9.17) is 9.47 Å². The SMILES string of the molecule is CCOC(=O)[C@@H]1C[C@H]1c1cc(-c2cncc(OC[C@H]3CC[C@H](C)CC3)c2)ccn1. The summed E-state index contributed by atoms with van der Waals surface area (Å²) in [6.07, 6.45) is 11.4. The molecule has 0 spiro atoms. The fraction of sp³-hybridized carbons (Fsp3) is 0.542. The smallest absolute Gasteiger partial charge is 0.309 e. The van der Waals surface area contributed by atoms with Crippen molar-refractivity contribution >= 4 is 5.97 Å². The van der Waals surface area contributed by atoms with Gasteiger partial charge in [0.05, 0.1) is 25.3 Å². The van der Waals surface area contributed by atoms with Crippen molar-refractivity contribution in [3.8, 4) is 16.9 Å². The Morgan fingerprint density at radius 2 is 1.97 bits per heavy atom. The van der Waals surface area contributed by atoms with Crippen molar-refractivity contribution in [2.24, 2.45) is 17.8 Å². The third-order valence-electron chi connectivity index (χ3n) is 6.21. The van der Waals surface area contributed by atoms with Crippen LogP contribution in [-0.4, -0.2) is 29.2 Å². The molecule has 154 valence electrons. The molecule has 0 radical (unpaired) electrons. The Balaban J connectivity index is 1.40. The standard InChI is InChI=1S/C24H30N2O3/c1-3-28-24(27)22-12-21(22)23-11-18(8-9-26-23)19-10-20(14-25-13-19)29-15-17-6-4-16(2)5-7-17/h8-11,13-14,16-17,21-22H,3-7,12,15H2,1-2H3/t16-,17-,21-,22-/m1/s1. The van der Waals surface area contributed by atoms with Crippen LogP contribution in [0.1, 0.15) is 57.6 Å². The molecule has 0 saturated heterocycles. The molecule has 2 aromatic rings. The topological polar surface area (TPSA) is 61.3 Å². The predicted molar refractivity (Wildman–Crippen MR) is 112 cm³/mol. The summed E-state index contributed by atoms with van der Waals surface area (Å²) in [5, 5.41) is 0. The Bertz CT molecular complexity index is 846. The largest absolute Gasteiger partial charge is 0.492 e. The monoisotopic (exact) mass is 394 g/mol. The molecule has 0 amide bonds. The van der Waals surface area contributed by atoms with E-state index >= 15 is 0 Å². The molecule has 2 fully saturated rings. The lowest BCUT2D eigenvalue weighted by Gasteiger charge is -2.26. The first kappa shape index (κ1) is 19.9. The van der Waals surface area contributed by atoms with E-state index in [9.17, 15) is 4.79 Å². The van der Waals surface area contributed by atoms with E-state index < -0.39 is 0 Å². The summed E-state index contributed by atoms with van der Waals surface area (Å²) in [4.78, 5) is 20.8. The van der Waals surface area contributed by atoms with Gasteiger partial charge in [-0.3, -0.25) is 14.8 Å². The van der Waals surface area contributed by atoms with Crippen LogP contribution in [0.5, 0.6) is 5.75 Å². The molecule has 29 heavy (non-hydrogen) atoms.